The fourth-order valence-electron chi connectivity index (χ4n) is 3.77. The molecule has 0 fully saturated rings. The third-order valence-corrected chi connectivity index (χ3v) is 6.79. The first-order valence-corrected chi connectivity index (χ1v) is 13.3. The molecule has 8 nitrogen and oxygen atoms in total. The van der Waals surface area contributed by atoms with Crippen molar-refractivity contribution in [2.24, 2.45) is 5.10 Å². The van der Waals surface area contributed by atoms with Crippen molar-refractivity contribution in [3.63, 3.8) is 0 Å². The van der Waals surface area contributed by atoms with Crippen LogP contribution in [0.5, 0.6) is 0 Å². The Morgan fingerprint density at radius 3 is 2.16 bits per heavy atom. The third-order valence-electron chi connectivity index (χ3n) is 5.67. The number of amides is 2. The van der Waals surface area contributed by atoms with Gasteiger partial charge in [0.05, 0.1) is 17.7 Å². The van der Waals surface area contributed by atoms with E-state index in [1.54, 1.807) is 67.6 Å². The largest absolute Gasteiger partial charge is 0.322 e. The van der Waals surface area contributed by atoms with E-state index in [-0.39, 0.29) is 5.91 Å². The minimum atomic E-state index is -3.74. The van der Waals surface area contributed by atoms with Crippen LogP contribution < -0.4 is 15.0 Å². The molecule has 188 valence electrons. The van der Waals surface area contributed by atoms with E-state index in [1.165, 1.54) is 0 Å². The van der Waals surface area contributed by atoms with E-state index in [0.29, 0.717) is 22.6 Å². The van der Waals surface area contributed by atoms with Gasteiger partial charge >= 0.3 is 0 Å². The second kappa shape index (κ2) is 11.0. The molecule has 0 aliphatic carbocycles. The molecule has 0 aliphatic rings. The molecule has 4 aromatic carbocycles. The van der Waals surface area contributed by atoms with Gasteiger partial charge in [-0.1, -0.05) is 66.7 Å². The highest BCUT2D eigenvalue weighted by molar-refractivity contribution is 7.92. The second-order valence-electron chi connectivity index (χ2n) is 8.40. The summed E-state index contributed by atoms with van der Waals surface area (Å²) in [5.41, 5.74) is 5.28. The minimum Gasteiger partial charge on any atom is -0.322 e. The van der Waals surface area contributed by atoms with Crippen LogP contribution in [0.15, 0.2) is 102 Å². The first kappa shape index (κ1) is 25.6. The van der Waals surface area contributed by atoms with Gasteiger partial charge in [0.25, 0.3) is 11.8 Å². The maximum Gasteiger partial charge on any atom is 0.260 e. The highest BCUT2D eigenvalue weighted by Gasteiger charge is 2.22. The van der Waals surface area contributed by atoms with Crippen LogP contribution in [0, 0.1) is 0 Å². The van der Waals surface area contributed by atoms with Crippen LogP contribution in [0.2, 0.25) is 0 Å². The molecule has 0 saturated heterocycles. The molecular formula is C28H26N4O4S. The van der Waals surface area contributed by atoms with Gasteiger partial charge < -0.3 is 5.32 Å². The molecule has 0 unspecified atom stereocenters. The monoisotopic (exact) mass is 514 g/mol. The van der Waals surface area contributed by atoms with Gasteiger partial charge in [-0.2, -0.15) is 5.10 Å². The molecule has 0 aliphatic heterocycles. The van der Waals surface area contributed by atoms with Crippen LogP contribution in [-0.2, 0) is 14.8 Å². The zero-order chi connectivity index (χ0) is 26.4. The summed E-state index contributed by atoms with van der Waals surface area (Å²) in [6.45, 7) is 1.30. The number of hydrogen-bond donors (Lipinski definition) is 2. The van der Waals surface area contributed by atoms with Crippen molar-refractivity contribution in [3.8, 4) is 0 Å². The van der Waals surface area contributed by atoms with E-state index in [1.807, 2.05) is 36.4 Å². The summed E-state index contributed by atoms with van der Waals surface area (Å²) in [4.78, 5) is 25.0. The summed E-state index contributed by atoms with van der Waals surface area (Å²) in [7, 11) is -3.74. The summed E-state index contributed by atoms with van der Waals surface area (Å²) in [6, 6.07) is 28.6. The van der Waals surface area contributed by atoms with Crippen molar-refractivity contribution in [1.82, 2.24) is 5.43 Å². The molecule has 0 bridgehead atoms. The molecule has 0 aromatic heterocycles. The SMILES string of the molecule is C/C(=N/NC(=O)CN(c1cccc2ccccc12)S(C)(=O)=O)c1ccc(NC(=O)c2ccccc2)cc1. The Balaban J connectivity index is 1.43. The minimum absolute atomic E-state index is 0.215. The van der Waals surface area contributed by atoms with Gasteiger partial charge in [-0.05, 0) is 48.2 Å². The van der Waals surface area contributed by atoms with Crippen LogP contribution in [0.25, 0.3) is 10.8 Å². The fourth-order valence-corrected chi connectivity index (χ4v) is 4.64. The summed E-state index contributed by atoms with van der Waals surface area (Å²) in [6.07, 6.45) is 1.06. The molecule has 4 rings (SSSR count). The zero-order valence-electron chi connectivity index (χ0n) is 20.4. The summed E-state index contributed by atoms with van der Waals surface area (Å²) in [5, 5.41) is 8.55. The number of hydrazone groups is 1. The van der Waals surface area contributed by atoms with Gasteiger partial charge in [-0.3, -0.25) is 13.9 Å². The van der Waals surface area contributed by atoms with Crippen LogP contribution in [0.4, 0.5) is 11.4 Å². The van der Waals surface area contributed by atoms with Crippen molar-refractivity contribution in [2.75, 3.05) is 22.4 Å². The molecule has 0 spiro atoms. The molecule has 4 aromatic rings. The number of carbonyl (C=O) groups is 2. The van der Waals surface area contributed by atoms with Crippen LogP contribution >= 0.6 is 0 Å². The molecule has 0 atom stereocenters. The highest BCUT2D eigenvalue weighted by Crippen LogP contribution is 2.28. The standard InChI is InChI=1S/C28H26N4O4S/c1-20(21-15-17-24(18-16-21)29-28(34)23-10-4-3-5-11-23)30-31-27(33)19-32(37(2,35)36)26-14-8-12-22-9-6-7-13-25(22)26/h3-18H,19H2,1-2H3,(H,29,34)(H,31,33)/b30-20-. The quantitative estimate of drug-likeness (QED) is 0.268. The maximum atomic E-state index is 12.7. The Bertz CT molecular complexity index is 1560. The van der Waals surface area contributed by atoms with Gasteiger partial charge in [-0.15, -0.1) is 0 Å². The topological polar surface area (TPSA) is 108 Å². The Morgan fingerprint density at radius 2 is 1.46 bits per heavy atom. The molecule has 9 heteroatoms. The fraction of sp³-hybridized carbons (Fsp3) is 0.107. The average Bonchev–Trinajstić information content (AvgIpc) is 2.90. The normalized spacial score (nSPS) is 11.7. The molecule has 0 saturated carbocycles. The van der Waals surface area contributed by atoms with Gasteiger partial charge in [-0.25, -0.2) is 13.8 Å². The average molecular weight is 515 g/mol. The Kier molecular flexibility index (Phi) is 7.64. The number of fused-ring (bicyclic) bond motifs is 1. The lowest BCUT2D eigenvalue weighted by atomic mass is 10.1. The van der Waals surface area contributed by atoms with Gasteiger partial charge in [0.1, 0.15) is 6.54 Å². The lowest BCUT2D eigenvalue weighted by molar-refractivity contribution is -0.119. The third kappa shape index (κ3) is 6.39. The van der Waals surface area contributed by atoms with Crippen molar-refractivity contribution in [2.45, 2.75) is 6.92 Å². The number of benzene rings is 4. The number of anilines is 2. The summed E-state index contributed by atoms with van der Waals surface area (Å²) < 4.78 is 26.2. The molecule has 2 N–H and O–H groups in total. The van der Waals surface area contributed by atoms with Crippen molar-refractivity contribution < 1.29 is 18.0 Å². The molecule has 2 amide bonds. The highest BCUT2D eigenvalue weighted by atomic mass is 32.2. The summed E-state index contributed by atoms with van der Waals surface area (Å²) in [5.74, 6) is -0.794. The van der Waals surface area contributed by atoms with E-state index in [0.717, 1.165) is 26.9 Å². The number of hydrogen-bond acceptors (Lipinski definition) is 5. The Morgan fingerprint density at radius 1 is 0.811 bits per heavy atom. The molecule has 37 heavy (non-hydrogen) atoms. The number of nitrogens with zero attached hydrogens (tertiary/aromatic N) is 2. The van der Waals surface area contributed by atoms with Crippen molar-refractivity contribution >= 4 is 49.7 Å². The van der Waals surface area contributed by atoms with Crippen LogP contribution in [0.1, 0.15) is 22.8 Å². The first-order valence-electron chi connectivity index (χ1n) is 11.5. The Labute approximate surface area is 215 Å². The lowest BCUT2D eigenvalue weighted by Gasteiger charge is -2.23. The van der Waals surface area contributed by atoms with E-state index in [4.69, 9.17) is 0 Å². The van der Waals surface area contributed by atoms with Crippen molar-refractivity contribution in [3.05, 3.63) is 108 Å². The predicted molar refractivity (Wildman–Crippen MR) is 147 cm³/mol. The number of carbonyl (C=O) groups excluding carboxylic acids is 2. The molecule has 0 heterocycles. The lowest BCUT2D eigenvalue weighted by Crippen LogP contribution is -2.39. The van der Waals surface area contributed by atoms with Gasteiger partial charge in [0.15, 0.2) is 0 Å². The second-order valence-corrected chi connectivity index (χ2v) is 10.3. The van der Waals surface area contributed by atoms with Crippen LogP contribution in [-0.4, -0.2) is 38.7 Å². The van der Waals surface area contributed by atoms with Gasteiger partial charge in [0, 0.05) is 16.6 Å². The Hall–Kier alpha value is -4.50. The zero-order valence-corrected chi connectivity index (χ0v) is 21.2. The summed E-state index contributed by atoms with van der Waals surface area (Å²) >= 11 is 0. The van der Waals surface area contributed by atoms with Gasteiger partial charge in [0.2, 0.25) is 10.0 Å². The van der Waals surface area contributed by atoms with E-state index >= 15 is 0 Å². The number of nitrogens with one attached hydrogen (secondary N) is 2. The molecular weight excluding hydrogens is 488 g/mol. The van der Waals surface area contributed by atoms with Crippen LogP contribution in [0.3, 0.4) is 0 Å². The van der Waals surface area contributed by atoms with E-state index in [9.17, 15) is 18.0 Å². The predicted octanol–water partition coefficient (Wildman–Crippen LogP) is 4.40. The maximum absolute atomic E-state index is 12.7. The van der Waals surface area contributed by atoms with E-state index in [2.05, 4.69) is 15.8 Å². The smallest absolute Gasteiger partial charge is 0.260 e. The number of rotatable bonds is 8. The molecule has 0 radical (unpaired) electrons. The van der Waals surface area contributed by atoms with Crippen molar-refractivity contribution in [1.29, 1.82) is 0 Å². The first-order chi connectivity index (χ1) is 17.7. The number of sulfonamides is 1. The van der Waals surface area contributed by atoms with E-state index < -0.39 is 22.5 Å².